The van der Waals surface area contributed by atoms with Gasteiger partial charge in [-0.25, -0.2) is 9.97 Å². The van der Waals surface area contributed by atoms with Gasteiger partial charge < -0.3 is 15.2 Å². The third kappa shape index (κ3) is 4.40. The van der Waals surface area contributed by atoms with Crippen molar-refractivity contribution in [1.29, 1.82) is 0 Å². The molecule has 136 valence electrons. The third-order valence-electron chi connectivity index (χ3n) is 3.67. The van der Waals surface area contributed by atoms with Crippen LogP contribution in [0.4, 0.5) is 19.0 Å². The summed E-state index contributed by atoms with van der Waals surface area (Å²) < 4.78 is 42.8. The van der Waals surface area contributed by atoms with E-state index in [0.717, 1.165) is 23.0 Å². The zero-order valence-electron chi connectivity index (χ0n) is 13.6. The molecule has 2 N–H and O–H groups in total. The average Bonchev–Trinajstić information content (AvgIpc) is 2.64. The fourth-order valence-corrected chi connectivity index (χ4v) is 2.35. The summed E-state index contributed by atoms with van der Waals surface area (Å²) in [5, 5.41) is 13.9. The first-order chi connectivity index (χ1) is 12.4. The van der Waals surface area contributed by atoms with Crippen molar-refractivity contribution in [1.82, 2.24) is 9.97 Å². The van der Waals surface area contributed by atoms with Crippen LogP contribution < -0.4 is 10.1 Å². The molecule has 0 saturated heterocycles. The molecule has 1 heterocycles. The van der Waals surface area contributed by atoms with Gasteiger partial charge in [0.15, 0.2) is 0 Å². The fourth-order valence-electron chi connectivity index (χ4n) is 2.35. The summed E-state index contributed by atoms with van der Waals surface area (Å²) in [5.74, 6) is 0.841. The summed E-state index contributed by atoms with van der Waals surface area (Å²) in [7, 11) is 0. The van der Waals surface area contributed by atoms with Gasteiger partial charge in [-0.3, -0.25) is 0 Å². The van der Waals surface area contributed by atoms with Crippen molar-refractivity contribution >= 4 is 16.7 Å². The van der Waals surface area contributed by atoms with Crippen molar-refractivity contribution in [2.45, 2.75) is 12.3 Å². The molecule has 0 aliphatic rings. The quantitative estimate of drug-likeness (QED) is 0.702. The highest BCUT2D eigenvalue weighted by Gasteiger charge is 2.30. The highest BCUT2D eigenvalue weighted by molar-refractivity contribution is 5.88. The number of aliphatic hydroxyl groups excluding tert-OH is 1. The molecule has 5 nitrogen and oxygen atoms in total. The smallest absolute Gasteiger partial charge is 0.416 e. The summed E-state index contributed by atoms with van der Waals surface area (Å²) in [6, 6.07) is 11.8. The van der Waals surface area contributed by atoms with E-state index in [1.54, 1.807) is 0 Å². The van der Waals surface area contributed by atoms with Gasteiger partial charge in [0.25, 0.3) is 0 Å². The molecule has 0 bridgehead atoms. The first-order valence-electron chi connectivity index (χ1n) is 7.85. The molecule has 0 amide bonds. The number of rotatable bonds is 6. The lowest BCUT2D eigenvalue weighted by molar-refractivity contribution is -0.137. The van der Waals surface area contributed by atoms with Crippen molar-refractivity contribution < 1.29 is 23.0 Å². The standard InChI is InChI=1S/C18H16F3N3O2/c19-18(20,21)12-5-7-14(8-6-12)26-10-13(25)9-22-17-15-3-1-2-4-16(15)23-11-24-17/h1-8,11,13,25H,9-10H2,(H,22,23,24). The molecular weight excluding hydrogens is 347 g/mol. The molecule has 1 atom stereocenters. The lowest BCUT2D eigenvalue weighted by Crippen LogP contribution is -2.26. The predicted octanol–water partition coefficient (Wildman–Crippen LogP) is 3.50. The molecule has 3 rings (SSSR count). The minimum absolute atomic E-state index is 0.0681. The van der Waals surface area contributed by atoms with Gasteiger partial charge in [0.1, 0.15) is 30.6 Å². The van der Waals surface area contributed by atoms with Gasteiger partial charge in [-0.2, -0.15) is 13.2 Å². The number of benzene rings is 2. The molecule has 0 aliphatic heterocycles. The Morgan fingerprint density at radius 1 is 1.04 bits per heavy atom. The molecule has 26 heavy (non-hydrogen) atoms. The van der Waals surface area contributed by atoms with Crippen LogP contribution >= 0.6 is 0 Å². The maximum atomic E-state index is 12.5. The van der Waals surface area contributed by atoms with E-state index < -0.39 is 17.8 Å². The summed E-state index contributed by atoms with van der Waals surface area (Å²) in [6.07, 6.45) is -3.83. The van der Waals surface area contributed by atoms with Gasteiger partial charge in [-0.05, 0) is 36.4 Å². The molecule has 0 fully saturated rings. The van der Waals surface area contributed by atoms with Crippen molar-refractivity contribution in [3.63, 3.8) is 0 Å². The topological polar surface area (TPSA) is 67.3 Å². The van der Waals surface area contributed by atoms with Crippen molar-refractivity contribution in [3.8, 4) is 5.75 Å². The second-order valence-corrected chi connectivity index (χ2v) is 5.61. The van der Waals surface area contributed by atoms with Gasteiger partial charge >= 0.3 is 6.18 Å². The Morgan fingerprint density at radius 2 is 1.77 bits per heavy atom. The second-order valence-electron chi connectivity index (χ2n) is 5.61. The normalized spacial score (nSPS) is 12.8. The number of para-hydroxylation sites is 1. The highest BCUT2D eigenvalue weighted by atomic mass is 19.4. The lowest BCUT2D eigenvalue weighted by Gasteiger charge is -2.15. The van der Waals surface area contributed by atoms with Crippen LogP contribution in [0.5, 0.6) is 5.75 Å². The van der Waals surface area contributed by atoms with Crippen LogP contribution in [0.15, 0.2) is 54.9 Å². The number of anilines is 1. The maximum absolute atomic E-state index is 12.5. The number of aromatic nitrogens is 2. The first kappa shape index (κ1) is 17.9. The van der Waals surface area contributed by atoms with E-state index in [-0.39, 0.29) is 18.9 Å². The Labute approximate surface area is 147 Å². The van der Waals surface area contributed by atoms with Crippen LogP contribution in [-0.2, 0) is 6.18 Å². The van der Waals surface area contributed by atoms with Crippen molar-refractivity contribution in [3.05, 3.63) is 60.4 Å². The van der Waals surface area contributed by atoms with Crippen LogP contribution in [-0.4, -0.2) is 34.3 Å². The monoisotopic (exact) mass is 363 g/mol. The summed E-state index contributed by atoms with van der Waals surface area (Å²) in [4.78, 5) is 8.30. The molecule has 3 aromatic rings. The average molecular weight is 363 g/mol. The van der Waals surface area contributed by atoms with E-state index in [9.17, 15) is 18.3 Å². The number of nitrogens with zero attached hydrogens (tertiary/aromatic N) is 2. The number of alkyl halides is 3. The van der Waals surface area contributed by atoms with E-state index in [2.05, 4.69) is 15.3 Å². The van der Waals surface area contributed by atoms with E-state index in [1.807, 2.05) is 24.3 Å². The molecule has 1 aromatic heterocycles. The Kier molecular flexibility index (Phi) is 5.22. The molecule has 1 unspecified atom stereocenters. The van der Waals surface area contributed by atoms with Crippen molar-refractivity contribution in [2.75, 3.05) is 18.5 Å². The fraction of sp³-hybridized carbons (Fsp3) is 0.222. The number of nitrogens with one attached hydrogen (secondary N) is 1. The number of hydrogen-bond donors (Lipinski definition) is 2. The Hall–Kier alpha value is -2.87. The Bertz CT molecular complexity index is 864. The molecule has 0 radical (unpaired) electrons. The number of hydrogen-bond acceptors (Lipinski definition) is 5. The number of ether oxygens (including phenoxy) is 1. The minimum atomic E-state index is -4.39. The van der Waals surface area contributed by atoms with Gasteiger partial charge in [0.05, 0.1) is 11.1 Å². The largest absolute Gasteiger partial charge is 0.491 e. The van der Waals surface area contributed by atoms with E-state index >= 15 is 0 Å². The second kappa shape index (κ2) is 7.57. The molecular formula is C18H16F3N3O2. The van der Waals surface area contributed by atoms with Gasteiger partial charge in [0, 0.05) is 11.9 Å². The number of halogens is 3. The summed E-state index contributed by atoms with van der Waals surface area (Å²) in [6.45, 7) is 0.100. The van der Waals surface area contributed by atoms with Crippen LogP contribution in [0.3, 0.4) is 0 Å². The zero-order valence-corrected chi connectivity index (χ0v) is 13.6. The highest BCUT2D eigenvalue weighted by Crippen LogP contribution is 2.30. The van der Waals surface area contributed by atoms with Gasteiger partial charge in [0.2, 0.25) is 0 Å². The predicted molar refractivity (Wildman–Crippen MR) is 91.0 cm³/mol. The number of fused-ring (bicyclic) bond motifs is 1. The lowest BCUT2D eigenvalue weighted by atomic mass is 10.2. The summed E-state index contributed by atoms with van der Waals surface area (Å²) >= 11 is 0. The van der Waals surface area contributed by atoms with E-state index in [4.69, 9.17) is 4.74 Å². The van der Waals surface area contributed by atoms with Gasteiger partial charge in [-0.1, -0.05) is 12.1 Å². The van der Waals surface area contributed by atoms with Crippen LogP contribution in [0, 0.1) is 0 Å². The SMILES string of the molecule is OC(CNc1ncnc2ccccc12)COc1ccc(C(F)(F)F)cc1. The summed E-state index contributed by atoms with van der Waals surface area (Å²) in [5.41, 5.74) is 0.0307. The number of aliphatic hydroxyl groups is 1. The van der Waals surface area contributed by atoms with Crippen LogP contribution in [0.2, 0.25) is 0 Å². The maximum Gasteiger partial charge on any atom is 0.416 e. The molecule has 0 saturated carbocycles. The van der Waals surface area contributed by atoms with Gasteiger partial charge in [-0.15, -0.1) is 0 Å². The van der Waals surface area contributed by atoms with Crippen LogP contribution in [0.25, 0.3) is 10.9 Å². The third-order valence-corrected chi connectivity index (χ3v) is 3.67. The first-order valence-corrected chi connectivity index (χ1v) is 7.85. The minimum Gasteiger partial charge on any atom is -0.491 e. The molecule has 8 heteroatoms. The Morgan fingerprint density at radius 3 is 2.50 bits per heavy atom. The zero-order chi connectivity index (χ0) is 18.6. The molecule has 0 spiro atoms. The molecule has 0 aliphatic carbocycles. The van der Waals surface area contributed by atoms with E-state index in [1.165, 1.54) is 18.5 Å². The Balaban J connectivity index is 1.53. The molecule has 2 aromatic carbocycles. The van der Waals surface area contributed by atoms with Crippen molar-refractivity contribution in [2.24, 2.45) is 0 Å². The van der Waals surface area contributed by atoms with Crippen LogP contribution in [0.1, 0.15) is 5.56 Å². The van der Waals surface area contributed by atoms with E-state index in [0.29, 0.717) is 5.82 Å².